The lowest BCUT2D eigenvalue weighted by Crippen LogP contribution is -1.91. The number of fused-ring (bicyclic) bond motifs is 3. The molecule has 0 amide bonds. The first-order valence-corrected chi connectivity index (χ1v) is 27.7. The molecule has 4 aliphatic rings. The van der Waals surface area contributed by atoms with Crippen LogP contribution in [-0.4, -0.2) is 0 Å². The van der Waals surface area contributed by atoms with Crippen LogP contribution in [0.1, 0.15) is 66.8 Å². The highest BCUT2D eigenvalue weighted by molar-refractivity contribution is 6.20. The van der Waals surface area contributed by atoms with Gasteiger partial charge in [0.1, 0.15) is 11.2 Å². The largest absolute Gasteiger partial charge is 0.456 e. The first-order valence-electron chi connectivity index (χ1n) is 27.7. The van der Waals surface area contributed by atoms with E-state index in [1.54, 1.807) is 0 Å². The van der Waals surface area contributed by atoms with Crippen LogP contribution in [0.2, 0.25) is 0 Å². The van der Waals surface area contributed by atoms with E-state index in [1.165, 1.54) is 197 Å². The first-order chi connectivity index (χ1) is 37.7. The molecule has 4 aliphatic carbocycles. The van der Waals surface area contributed by atoms with Crippen LogP contribution in [0.3, 0.4) is 0 Å². The van der Waals surface area contributed by atoms with Gasteiger partial charge in [-0.15, -0.1) is 0 Å². The predicted molar refractivity (Wildman–Crippen MR) is 326 cm³/mol. The summed E-state index contributed by atoms with van der Waals surface area (Å²) in [6, 6.07) is 67.4. The van der Waals surface area contributed by atoms with Crippen molar-refractivity contribution in [3.05, 3.63) is 237 Å². The minimum atomic E-state index is 0.915. The molecule has 0 radical (unpaired) electrons. The maximum absolute atomic E-state index is 7.31. The molecule has 0 saturated carbocycles. The highest BCUT2D eigenvalue weighted by Crippen LogP contribution is 2.51. The lowest BCUT2D eigenvalue weighted by atomic mass is 9.87. The lowest BCUT2D eigenvalue weighted by Gasteiger charge is -2.16. The molecule has 0 atom stereocenters. The van der Waals surface area contributed by atoms with Crippen molar-refractivity contribution in [3.63, 3.8) is 0 Å². The summed E-state index contributed by atoms with van der Waals surface area (Å²) in [5, 5.41) is 24.3. The fourth-order valence-electron chi connectivity index (χ4n) is 16.1. The third kappa shape index (κ3) is 5.49. The molecule has 0 spiro atoms. The highest BCUT2D eigenvalue weighted by Gasteiger charge is 2.27. The van der Waals surface area contributed by atoms with Crippen molar-refractivity contribution < 1.29 is 4.42 Å². The summed E-state index contributed by atoms with van der Waals surface area (Å²) in [5.74, 6) is 0. The van der Waals surface area contributed by atoms with Crippen LogP contribution < -0.4 is 0 Å². The second kappa shape index (κ2) is 14.1. The second-order valence-electron chi connectivity index (χ2n) is 23.9. The summed E-state index contributed by atoms with van der Waals surface area (Å²) in [6.45, 7) is 8.93. The Bertz CT molecular complexity index is 5090. The number of hydrogen-bond donors (Lipinski definition) is 0. The Balaban J connectivity index is 0.874. The van der Waals surface area contributed by atoms with E-state index < -0.39 is 0 Å². The number of benzene rings is 14. The van der Waals surface area contributed by atoms with Gasteiger partial charge in [0.25, 0.3) is 0 Å². The SMILES string of the molecule is Cc1cc2c3c(ccc4cc(-c5cc6oc7cc(-c8cc9c%10c(ccc%11cc(C)cc(c%11%10)C9)c8)c(-c8cc9c%10c(ccc%11cc(C)cc(c%11%10)C9)c8)cc7c6cc5-c5cc6c7c(ccc8cc(C)cc(c87)C6)c5)cc(c43)C2)c1. The Labute approximate surface area is 444 Å². The molecule has 0 saturated heterocycles. The van der Waals surface area contributed by atoms with Gasteiger partial charge in [0, 0.05) is 10.8 Å². The van der Waals surface area contributed by atoms with Gasteiger partial charge in [-0.25, -0.2) is 0 Å². The van der Waals surface area contributed by atoms with Gasteiger partial charge in [0.05, 0.1) is 0 Å². The summed E-state index contributed by atoms with van der Waals surface area (Å²) in [5.41, 5.74) is 28.4. The summed E-state index contributed by atoms with van der Waals surface area (Å²) in [7, 11) is 0. The van der Waals surface area contributed by atoms with E-state index >= 15 is 0 Å². The first kappa shape index (κ1) is 41.2. The molecule has 0 unspecified atom stereocenters. The van der Waals surface area contributed by atoms with Crippen molar-refractivity contribution in [2.75, 3.05) is 0 Å². The molecule has 358 valence electrons. The fourth-order valence-corrected chi connectivity index (χ4v) is 16.1. The molecule has 1 aromatic heterocycles. The second-order valence-corrected chi connectivity index (χ2v) is 23.9. The summed E-state index contributed by atoms with van der Waals surface area (Å²) in [6.07, 6.45) is 3.80. The minimum absolute atomic E-state index is 0.915. The number of hydrogen-bond acceptors (Lipinski definition) is 1. The molecule has 0 fully saturated rings. The van der Waals surface area contributed by atoms with Gasteiger partial charge in [0.15, 0.2) is 0 Å². The Morgan fingerprint density at radius 3 is 0.714 bits per heavy atom. The van der Waals surface area contributed by atoms with E-state index in [9.17, 15) is 0 Å². The molecular weight excluding hydrogens is 929 g/mol. The van der Waals surface area contributed by atoms with Gasteiger partial charge in [-0.2, -0.15) is 0 Å². The van der Waals surface area contributed by atoms with Gasteiger partial charge in [-0.1, -0.05) is 144 Å². The Hall–Kier alpha value is -9.04. The van der Waals surface area contributed by atoms with Gasteiger partial charge < -0.3 is 4.42 Å². The van der Waals surface area contributed by atoms with Crippen molar-refractivity contribution >= 4 is 108 Å². The Morgan fingerprint density at radius 2 is 0.455 bits per heavy atom. The predicted octanol–water partition coefficient (Wildman–Crippen LogP) is 20.3. The van der Waals surface area contributed by atoms with E-state index in [0.29, 0.717) is 0 Å². The van der Waals surface area contributed by atoms with E-state index in [-0.39, 0.29) is 0 Å². The Kier molecular flexibility index (Phi) is 7.53. The molecular formula is C76H48O. The number of rotatable bonds is 4. The summed E-state index contributed by atoms with van der Waals surface area (Å²) in [4.78, 5) is 0. The summed E-state index contributed by atoms with van der Waals surface area (Å²) < 4.78 is 7.31. The van der Waals surface area contributed by atoms with Gasteiger partial charge >= 0.3 is 0 Å². The monoisotopic (exact) mass is 976 g/mol. The number of furan rings is 1. The van der Waals surface area contributed by atoms with Crippen molar-refractivity contribution in [1.29, 1.82) is 0 Å². The van der Waals surface area contributed by atoms with Crippen LogP contribution in [0.15, 0.2) is 174 Å². The van der Waals surface area contributed by atoms with Crippen LogP contribution >= 0.6 is 0 Å². The van der Waals surface area contributed by atoms with E-state index in [0.717, 1.165) is 47.6 Å². The minimum Gasteiger partial charge on any atom is -0.456 e. The van der Waals surface area contributed by atoms with Crippen LogP contribution in [0.5, 0.6) is 0 Å². The van der Waals surface area contributed by atoms with Crippen molar-refractivity contribution in [2.45, 2.75) is 53.4 Å². The molecule has 0 aliphatic heterocycles. The zero-order valence-electron chi connectivity index (χ0n) is 43.4. The molecule has 14 aromatic carbocycles. The average molecular weight is 977 g/mol. The molecule has 0 bridgehead atoms. The maximum atomic E-state index is 7.31. The van der Waals surface area contributed by atoms with Crippen molar-refractivity contribution in [1.82, 2.24) is 0 Å². The average Bonchev–Trinajstić information content (AvgIpc) is 4.33. The smallest absolute Gasteiger partial charge is 0.136 e. The lowest BCUT2D eigenvalue weighted by molar-refractivity contribution is 0.669. The molecule has 1 nitrogen and oxygen atoms in total. The molecule has 15 aromatic rings. The molecule has 19 rings (SSSR count). The standard InChI is InChI=1S/C76H48O/c1-37-13-41-5-9-45-21-49(25-57-29-53(17-37)69(41)73(45)57)61-33-65-66-34-62(50-22-46-10-6-42-14-38(2)18-54-30-58(26-50)74(46)70(42)54)64(52-24-48-12-8-44-16-40(4)20-56-32-60(28-52)76(48)72(44)56)36-68(66)77-67(65)35-63(61)51-23-47-11-7-43-15-39(3)19-55-31-59(27-51)75(47)71(43)55/h5-28,33-36H,29-32H2,1-4H3. The van der Waals surface area contributed by atoms with Crippen LogP contribution in [-0.2, 0) is 25.7 Å². The van der Waals surface area contributed by atoms with E-state index in [2.05, 4.69) is 198 Å². The van der Waals surface area contributed by atoms with Crippen molar-refractivity contribution in [2.24, 2.45) is 0 Å². The van der Waals surface area contributed by atoms with Crippen LogP contribution in [0.25, 0.3) is 153 Å². The molecule has 1 heterocycles. The van der Waals surface area contributed by atoms with E-state index in [1.807, 2.05) is 0 Å². The van der Waals surface area contributed by atoms with E-state index in [4.69, 9.17) is 4.42 Å². The zero-order chi connectivity index (χ0) is 50.4. The number of aryl methyl sites for hydroxylation is 4. The molecule has 77 heavy (non-hydrogen) atoms. The molecule has 0 N–H and O–H groups in total. The van der Waals surface area contributed by atoms with Crippen LogP contribution in [0, 0.1) is 27.7 Å². The van der Waals surface area contributed by atoms with Gasteiger partial charge in [0.2, 0.25) is 0 Å². The third-order valence-corrected chi connectivity index (χ3v) is 18.9. The third-order valence-electron chi connectivity index (χ3n) is 18.9. The van der Waals surface area contributed by atoms with Gasteiger partial charge in [-0.05, 0) is 277 Å². The topological polar surface area (TPSA) is 13.1 Å². The normalized spacial score (nSPS) is 13.8. The fraction of sp³-hybridized carbons (Fsp3) is 0.105. The van der Waals surface area contributed by atoms with Gasteiger partial charge in [-0.3, -0.25) is 0 Å². The zero-order valence-corrected chi connectivity index (χ0v) is 43.4. The Morgan fingerprint density at radius 1 is 0.234 bits per heavy atom. The summed E-state index contributed by atoms with van der Waals surface area (Å²) >= 11 is 0. The highest BCUT2D eigenvalue weighted by atomic mass is 16.3. The maximum Gasteiger partial charge on any atom is 0.136 e. The van der Waals surface area contributed by atoms with Crippen molar-refractivity contribution in [3.8, 4) is 44.5 Å². The molecule has 1 heteroatoms. The quantitative estimate of drug-likeness (QED) is 0.160. The van der Waals surface area contributed by atoms with Crippen LogP contribution in [0.4, 0.5) is 0 Å².